The highest BCUT2D eigenvalue weighted by atomic mass is 16.5. The standard InChI is InChI=1S/C34H44N8O2/c1-39-18-20-41(21-19-39)27-11-15-40(16-12-27)26-8-6-25(7-9-26)36-33-31(32(35)43)37-30-29-5-3-2-4-24(29)10-17-42(34(30)38-33)28-13-22-44-23-14-28/h2-9,27-28H,10-23H2,1H3,(H2,35,43)(H,36,38). The molecule has 3 aromatic rings. The van der Waals surface area contributed by atoms with E-state index in [4.69, 9.17) is 20.4 Å². The van der Waals surface area contributed by atoms with E-state index in [1.165, 1.54) is 50.3 Å². The molecule has 0 aliphatic carbocycles. The Morgan fingerprint density at radius 1 is 0.864 bits per heavy atom. The molecule has 0 unspecified atom stereocenters. The van der Waals surface area contributed by atoms with Gasteiger partial charge in [-0.05, 0) is 69.0 Å². The summed E-state index contributed by atoms with van der Waals surface area (Å²) in [5.41, 5.74) is 11.1. The predicted molar refractivity (Wildman–Crippen MR) is 175 cm³/mol. The minimum absolute atomic E-state index is 0.155. The third-order valence-electron chi connectivity index (χ3n) is 9.92. The molecule has 0 spiro atoms. The molecule has 4 aliphatic heterocycles. The number of ether oxygens (including phenoxy) is 1. The van der Waals surface area contributed by atoms with Gasteiger partial charge in [0.25, 0.3) is 5.91 Å². The van der Waals surface area contributed by atoms with Gasteiger partial charge in [0.1, 0.15) is 5.69 Å². The van der Waals surface area contributed by atoms with E-state index in [1.807, 2.05) is 6.07 Å². The topological polar surface area (TPSA) is 103 Å². The van der Waals surface area contributed by atoms with Crippen LogP contribution >= 0.6 is 0 Å². The highest BCUT2D eigenvalue weighted by Gasteiger charge is 2.31. The molecule has 0 bridgehead atoms. The maximum atomic E-state index is 12.7. The van der Waals surface area contributed by atoms with Crippen LogP contribution in [0.4, 0.5) is 23.0 Å². The Hall–Kier alpha value is -3.73. The van der Waals surface area contributed by atoms with Crippen LogP contribution in [0.2, 0.25) is 0 Å². The summed E-state index contributed by atoms with van der Waals surface area (Å²) >= 11 is 0. The number of aromatic nitrogens is 2. The van der Waals surface area contributed by atoms with E-state index in [0.717, 1.165) is 74.9 Å². The first-order chi connectivity index (χ1) is 21.5. The second-order valence-corrected chi connectivity index (χ2v) is 12.6. The summed E-state index contributed by atoms with van der Waals surface area (Å²) in [6, 6.07) is 17.7. The number of hydrogen-bond donors (Lipinski definition) is 2. The summed E-state index contributed by atoms with van der Waals surface area (Å²) in [5, 5.41) is 3.40. The second-order valence-electron chi connectivity index (χ2n) is 12.6. The molecule has 10 nitrogen and oxygen atoms in total. The Balaban J connectivity index is 1.12. The number of nitrogens with zero attached hydrogens (tertiary/aromatic N) is 6. The smallest absolute Gasteiger partial charge is 0.271 e. The highest BCUT2D eigenvalue weighted by Crippen LogP contribution is 2.38. The SMILES string of the molecule is CN1CCN(C2CCN(c3ccc(Nc4nc5c(nc4C(N)=O)-c4ccccc4CCN5C4CCOCC4)cc3)CC2)CC1. The monoisotopic (exact) mass is 596 g/mol. The third-order valence-corrected chi connectivity index (χ3v) is 9.92. The van der Waals surface area contributed by atoms with Gasteiger partial charge in [-0.2, -0.15) is 0 Å². The summed E-state index contributed by atoms with van der Waals surface area (Å²) in [6.45, 7) is 9.13. The number of benzene rings is 2. The Labute approximate surface area is 260 Å². The number of fused-ring (bicyclic) bond motifs is 3. The minimum atomic E-state index is -0.595. The molecular formula is C34H44N8O2. The van der Waals surface area contributed by atoms with Gasteiger partial charge in [-0.1, -0.05) is 24.3 Å². The molecule has 3 saturated heterocycles. The Kier molecular flexibility index (Phi) is 8.38. The lowest BCUT2D eigenvalue weighted by atomic mass is 10.0. The molecule has 0 atom stereocenters. The quantitative estimate of drug-likeness (QED) is 0.441. The molecule has 10 heteroatoms. The number of piperidine rings is 1. The molecule has 5 heterocycles. The molecule has 2 aromatic carbocycles. The zero-order valence-corrected chi connectivity index (χ0v) is 25.8. The first-order valence-corrected chi connectivity index (χ1v) is 16.2. The van der Waals surface area contributed by atoms with Gasteiger partial charge in [-0.3, -0.25) is 9.69 Å². The lowest BCUT2D eigenvalue weighted by Gasteiger charge is -2.42. The number of likely N-dealkylation sites (N-methyl/N-ethyl adjacent to an activating group) is 1. The Bertz CT molecular complexity index is 1460. The van der Waals surface area contributed by atoms with E-state index in [2.05, 4.69) is 74.4 Å². The van der Waals surface area contributed by atoms with E-state index < -0.39 is 5.91 Å². The molecule has 7 rings (SSSR count). The van der Waals surface area contributed by atoms with Crippen molar-refractivity contribution in [1.29, 1.82) is 0 Å². The molecule has 0 saturated carbocycles. The summed E-state index contributed by atoms with van der Waals surface area (Å²) in [5.74, 6) is 0.601. The minimum Gasteiger partial charge on any atom is -0.381 e. The van der Waals surface area contributed by atoms with E-state index in [0.29, 0.717) is 17.9 Å². The van der Waals surface area contributed by atoms with Gasteiger partial charge in [0.2, 0.25) is 0 Å². The van der Waals surface area contributed by atoms with Crippen molar-refractivity contribution in [3.05, 3.63) is 59.8 Å². The fourth-order valence-electron chi connectivity index (χ4n) is 7.30. The van der Waals surface area contributed by atoms with Gasteiger partial charge >= 0.3 is 0 Å². The van der Waals surface area contributed by atoms with E-state index >= 15 is 0 Å². The zero-order valence-electron chi connectivity index (χ0n) is 25.8. The Morgan fingerprint density at radius 2 is 1.59 bits per heavy atom. The number of carbonyl (C=O) groups is 1. The van der Waals surface area contributed by atoms with Crippen LogP contribution < -0.4 is 20.9 Å². The number of nitrogens with two attached hydrogens (primary N) is 1. The van der Waals surface area contributed by atoms with Crippen LogP contribution in [0.1, 0.15) is 41.7 Å². The normalized spacial score (nSPS) is 20.6. The maximum Gasteiger partial charge on any atom is 0.271 e. The molecule has 232 valence electrons. The summed E-state index contributed by atoms with van der Waals surface area (Å²) in [4.78, 5) is 32.7. The van der Waals surface area contributed by atoms with E-state index in [1.54, 1.807) is 0 Å². The first kappa shape index (κ1) is 29.0. The predicted octanol–water partition coefficient (Wildman–Crippen LogP) is 3.74. The van der Waals surface area contributed by atoms with Gasteiger partial charge in [0, 0.05) is 88.0 Å². The molecule has 1 amide bonds. The van der Waals surface area contributed by atoms with Crippen LogP contribution in [0.5, 0.6) is 0 Å². The molecule has 1 aromatic heterocycles. The van der Waals surface area contributed by atoms with Gasteiger partial charge < -0.3 is 30.5 Å². The maximum absolute atomic E-state index is 12.7. The average Bonchev–Trinajstić information content (AvgIpc) is 3.22. The number of anilines is 4. The van der Waals surface area contributed by atoms with Gasteiger partial charge in [-0.25, -0.2) is 9.97 Å². The molecule has 0 radical (unpaired) electrons. The van der Waals surface area contributed by atoms with E-state index in [9.17, 15) is 4.79 Å². The second kappa shape index (κ2) is 12.7. The van der Waals surface area contributed by atoms with Crippen molar-refractivity contribution in [2.24, 2.45) is 5.73 Å². The fourth-order valence-corrected chi connectivity index (χ4v) is 7.30. The number of carbonyl (C=O) groups excluding carboxylic acids is 1. The van der Waals surface area contributed by atoms with Crippen molar-refractivity contribution in [3.8, 4) is 11.3 Å². The number of nitrogens with one attached hydrogen (secondary N) is 1. The lowest BCUT2D eigenvalue weighted by molar-refractivity contribution is 0.0843. The number of piperazine rings is 1. The third kappa shape index (κ3) is 5.98. The largest absolute Gasteiger partial charge is 0.381 e. The van der Waals surface area contributed by atoms with Crippen LogP contribution in [0.25, 0.3) is 11.3 Å². The van der Waals surface area contributed by atoms with Crippen LogP contribution in [0.15, 0.2) is 48.5 Å². The van der Waals surface area contributed by atoms with Crippen LogP contribution in [-0.2, 0) is 11.2 Å². The number of amides is 1. The molecule has 4 aliphatic rings. The van der Waals surface area contributed by atoms with Crippen molar-refractivity contribution in [1.82, 2.24) is 19.8 Å². The number of hydrogen-bond acceptors (Lipinski definition) is 9. The van der Waals surface area contributed by atoms with Crippen LogP contribution in [0.3, 0.4) is 0 Å². The molecular weight excluding hydrogens is 552 g/mol. The van der Waals surface area contributed by atoms with Crippen LogP contribution in [-0.4, -0.2) is 104 Å². The van der Waals surface area contributed by atoms with Crippen LogP contribution in [0, 0.1) is 0 Å². The summed E-state index contributed by atoms with van der Waals surface area (Å²) in [7, 11) is 2.22. The first-order valence-electron chi connectivity index (χ1n) is 16.2. The summed E-state index contributed by atoms with van der Waals surface area (Å²) in [6.07, 6.45) is 5.15. The van der Waals surface area contributed by atoms with Gasteiger partial charge in [0.05, 0.1) is 0 Å². The number of rotatable bonds is 6. The van der Waals surface area contributed by atoms with Crippen molar-refractivity contribution in [3.63, 3.8) is 0 Å². The Morgan fingerprint density at radius 3 is 2.32 bits per heavy atom. The van der Waals surface area contributed by atoms with Crippen molar-refractivity contribution in [2.75, 3.05) is 81.2 Å². The van der Waals surface area contributed by atoms with Gasteiger partial charge in [0.15, 0.2) is 17.3 Å². The lowest BCUT2D eigenvalue weighted by Crippen LogP contribution is -2.52. The van der Waals surface area contributed by atoms with Crippen molar-refractivity contribution >= 4 is 28.9 Å². The van der Waals surface area contributed by atoms with Crippen molar-refractivity contribution in [2.45, 2.75) is 44.2 Å². The fraction of sp³-hybridized carbons (Fsp3) is 0.500. The molecule has 3 N–H and O–H groups in total. The molecule has 44 heavy (non-hydrogen) atoms. The van der Waals surface area contributed by atoms with E-state index in [-0.39, 0.29) is 5.69 Å². The zero-order chi connectivity index (χ0) is 30.0. The van der Waals surface area contributed by atoms with Crippen molar-refractivity contribution < 1.29 is 9.53 Å². The molecule has 3 fully saturated rings. The average molecular weight is 597 g/mol. The van der Waals surface area contributed by atoms with Gasteiger partial charge in [-0.15, -0.1) is 0 Å². The summed E-state index contributed by atoms with van der Waals surface area (Å²) < 4.78 is 5.67. The number of primary amides is 1. The highest BCUT2D eigenvalue weighted by molar-refractivity contribution is 5.98.